The average Bonchev–Trinajstić information content (AvgIpc) is 3.14. The van der Waals surface area contributed by atoms with Crippen molar-refractivity contribution in [3.05, 3.63) is 12.2 Å². The van der Waals surface area contributed by atoms with Crippen molar-refractivity contribution in [1.82, 2.24) is 0 Å². The minimum absolute atomic E-state index is 0.177. The maximum Gasteiger partial charge on any atom is 0.472 e. The van der Waals surface area contributed by atoms with Crippen LogP contribution in [0.1, 0.15) is 206 Å². The Morgan fingerprint density at radius 3 is 1.43 bits per heavy atom. The molecule has 10 nitrogen and oxygen atoms in total. The molecule has 0 saturated heterocycles. The first-order valence-corrected chi connectivity index (χ1v) is 23.1. The largest absolute Gasteiger partial charge is 0.472 e. The van der Waals surface area contributed by atoms with Crippen molar-refractivity contribution in [3.63, 3.8) is 0 Å². The van der Waals surface area contributed by atoms with Crippen LogP contribution < -0.4 is 0 Å². The molecule has 0 spiro atoms. The van der Waals surface area contributed by atoms with Crippen LogP contribution in [0.15, 0.2) is 12.2 Å². The molecule has 3 unspecified atom stereocenters. The zero-order valence-electron chi connectivity index (χ0n) is 34.0. The number of esters is 2. The van der Waals surface area contributed by atoms with Gasteiger partial charge in [0.25, 0.3) is 0 Å². The van der Waals surface area contributed by atoms with Crippen molar-refractivity contribution in [2.45, 2.75) is 219 Å². The van der Waals surface area contributed by atoms with Gasteiger partial charge in [-0.2, -0.15) is 0 Å². The van der Waals surface area contributed by atoms with Gasteiger partial charge >= 0.3 is 19.8 Å². The first-order valence-electron chi connectivity index (χ1n) is 21.6. The Kier molecular flexibility index (Phi) is 38.0. The number of phosphoric ester groups is 1. The number of hydrogen-bond acceptors (Lipinski definition) is 9. The summed E-state index contributed by atoms with van der Waals surface area (Å²) in [5.74, 6) is -0.928. The first-order chi connectivity index (χ1) is 25.7. The summed E-state index contributed by atoms with van der Waals surface area (Å²) in [7, 11) is -4.61. The third-order valence-electron chi connectivity index (χ3n) is 9.40. The maximum atomic E-state index is 12.5. The second-order valence-corrected chi connectivity index (χ2v) is 16.2. The molecule has 0 aromatic heterocycles. The lowest BCUT2D eigenvalue weighted by molar-refractivity contribution is -0.161. The van der Waals surface area contributed by atoms with E-state index >= 15 is 0 Å². The number of allylic oxidation sites excluding steroid dienone is 2. The third-order valence-corrected chi connectivity index (χ3v) is 10.4. The van der Waals surface area contributed by atoms with Gasteiger partial charge in [-0.05, 0) is 32.1 Å². The Hall–Kier alpha value is -1.29. The Bertz CT molecular complexity index is 899. The highest BCUT2D eigenvalue weighted by atomic mass is 31.2. The molecule has 0 radical (unpaired) electrons. The SMILES string of the molecule is CCC/C=C\CCCCCCCC(=O)OC(COC(=O)CCCCCCCCCCCCCCCCCCCCCC)COP(=O)(O)OCC(O)CO. The van der Waals surface area contributed by atoms with Gasteiger partial charge in [-0.1, -0.05) is 174 Å². The quantitative estimate of drug-likeness (QED) is 0.0237. The lowest BCUT2D eigenvalue weighted by Crippen LogP contribution is -2.29. The van der Waals surface area contributed by atoms with Crippen LogP contribution in [0.5, 0.6) is 0 Å². The molecule has 314 valence electrons. The third kappa shape index (κ3) is 38.8. The van der Waals surface area contributed by atoms with E-state index in [4.69, 9.17) is 19.1 Å². The van der Waals surface area contributed by atoms with Crippen LogP contribution in [0.3, 0.4) is 0 Å². The van der Waals surface area contributed by atoms with Crippen molar-refractivity contribution in [1.29, 1.82) is 0 Å². The van der Waals surface area contributed by atoms with Gasteiger partial charge in [-0.25, -0.2) is 4.57 Å². The van der Waals surface area contributed by atoms with E-state index in [1.807, 2.05) is 0 Å². The number of hydrogen-bond donors (Lipinski definition) is 3. The van der Waals surface area contributed by atoms with Gasteiger partial charge in [0.05, 0.1) is 19.8 Å². The number of aliphatic hydroxyl groups excluding tert-OH is 2. The summed E-state index contributed by atoms with van der Waals surface area (Å²) in [4.78, 5) is 34.9. The van der Waals surface area contributed by atoms with E-state index < -0.39 is 51.8 Å². The van der Waals surface area contributed by atoms with Crippen molar-refractivity contribution in [2.75, 3.05) is 26.4 Å². The summed E-state index contributed by atoms with van der Waals surface area (Å²) in [6, 6.07) is 0. The van der Waals surface area contributed by atoms with Crippen LogP contribution in [0, 0.1) is 0 Å². The highest BCUT2D eigenvalue weighted by Gasteiger charge is 2.27. The Morgan fingerprint density at radius 2 is 0.962 bits per heavy atom. The molecule has 3 atom stereocenters. The molecule has 11 heteroatoms. The molecule has 0 rings (SSSR count). The van der Waals surface area contributed by atoms with Gasteiger partial charge in [0.1, 0.15) is 12.7 Å². The topological polar surface area (TPSA) is 149 Å². The second-order valence-electron chi connectivity index (χ2n) is 14.7. The molecule has 53 heavy (non-hydrogen) atoms. The predicted molar refractivity (Wildman–Crippen MR) is 215 cm³/mol. The lowest BCUT2D eigenvalue weighted by Gasteiger charge is -2.20. The fourth-order valence-corrected chi connectivity index (χ4v) is 6.84. The molecular formula is C42H81O10P. The molecule has 0 fully saturated rings. The molecule has 0 saturated carbocycles. The summed E-state index contributed by atoms with van der Waals surface area (Å²) in [5.41, 5.74) is 0. The second kappa shape index (κ2) is 39.0. The number of ether oxygens (including phenoxy) is 2. The smallest absolute Gasteiger partial charge is 0.462 e. The molecule has 0 aliphatic rings. The van der Waals surface area contributed by atoms with Gasteiger partial charge in [-0.3, -0.25) is 18.6 Å². The Morgan fingerprint density at radius 1 is 0.547 bits per heavy atom. The van der Waals surface area contributed by atoms with Crippen LogP contribution >= 0.6 is 7.82 Å². The number of carbonyl (C=O) groups excluding carboxylic acids is 2. The van der Waals surface area contributed by atoms with Crippen LogP contribution in [0.25, 0.3) is 0 Å². The van der Waals surface area contributed by atoms with E-state index in [1.54, 1.807) is 0 Å². The monoisotopic (exact) mass is 777 g/mol. The molecule has 0 aromatic rings. The zero-order valence-corrected chi connectivity index (χ0v) is 34.9. The van der Waals surface area contributed by atoms with E-state index in [-0.39, 0.29) is 19.4 Å². The summed E-state index contributed by atoms with van der Waals surface area (Å²) in [5, 5.41) is 18.3. The average molecular weight is 777 g/mol. The summed E-state index contributed by atoms with van der Waals surface area (Å²) >= 11 is 0. The van der Waals surface area contributed by atoms with Crippen molar-refractivity contribution < 1.29 is 47.8 Å². The van der Waals surface area contributed by atoms with Crippen LogP contribution in [-0.4, -0.2) is 65.7 Å². The normalized spacial score (nSPS) is 14.0. The highest BCUT2D eigenvalue weighted by Crippen LogP contribution is 2.43. The molecular weight excluding hydrogens is 695 g/mol. The van der Waals surface area contributed by atoms with E-state index in [2.05, 4.69) is 30.5 Å². The summed E-state index contributed by atoms with van der Waals surface area (Å²) < 4.78 is 32.6. The first kappa shape index (κ1) is 51.7. The minimum atomic E-state index is -4.61. The van der Waals surface area contributed by atoms with Gasteiger partial charge < -0.3 is 24.6 Å². The fraction of sp³-hybridized carbons (Fsp3) is 0.905. The zero-order chi connectivity index (χ0) is 39.1. The lowest BCUT2D eigenvalue weighted by atomic mass is 10.0. The van der Waals surface area contributed by atoms with Crippen LogP contribution in [-0.2, 0) is 32.7 Å². The van der Waals surface area contributed by atoms with Crippen molar-refractivity contribution in [2.24, 2.45) is 0 Å². The minimum Gasteiger partial charge on any atom is -0.462 e. The molecule has 0 aliphatic carbocycles. The van der Waals surface area contributed by atoms with E-state index in [0.717, 1.165) is 64.2 Å². The van der Waals surface area contributed by atoms with Crippen LogP contribution in [0.4, 0.5) is 0 Å². The number of phosphoric acid groups is 1. The predicted octanol–water partition coefficient (Wildman–Crippen LogP) is 11.2. The number of rotatable bonds is 41. The Labute approximate surface area is 324 Å². The van der Waals surface area contributed by atoms with Crippen molar-refractivity contribution >= 4 is 19.8 Å². The van der Waals surface area contributed by atoms with E-state index in [9.17, 15) is 24.2 Å². The molecule has 0 heterocycles. The summed E-state index contributed by atoms with van der Waals surface area (Å²) in [6.45, 7) is 2.33. The van der Waals surface area contributed by atoms with Gasteiger partial charge in [0.2, 0.25) is 0 Å². The Balaban J connectivity index is 4.15. The van der Waals surface area contributed by atoms with Gasteiger partial charge in [0.15, 0.2) is 6.10 Å². The van der Waals surface area contributed by atoms with E-state index in [1.165, 1.54) is 103 Å². The van der Waals surface area contributed by atoms with Crippen LogP contribution in [0.2, 0.25) is 0 Å². The highest BCUT2D eigenvalue weighted by molar-refractivity contribution is 7.47. The number of unbranched alkanes of at least 4 members (excludes halogenated alkanes) is 25. The molecule has 0 amide bonds. The fourth-order valence-electron chi connectivity index (χ4n) is 6.06. The molecule has 3 N–H and O–H groups in total. The maximum absolute atomic E-state index is 12.5. The molecule has 0 aromatic carbocycles. The van der Waals surface area contributed by atoms with Gasteiger partial charge in [-0.15, -0.1) is 0 Å². The van der Waals surface area contributed by atoms with E-state index in [0.29, 0.717) is 12.8 Å². The molecule has 0 aliphatic heterocycles. The molecule has 0 bridgehead atoms. The standard InChI is InChI=1S/C42H81O10P/c1-3-5-7-9-11-13-15-16-17-18-19-20-21-22-23-24-26-27-29-31-33-41(45)49-37-40(38-51-53(47,48)50-36-39(44)35-43)52-42(46)34-32-30-28-25-14-12-10-8-6-4-2/h8,10,39-40,43-44H,3-7,9,11-38H2,1-2H3,(H,47,48)/b10-8-. The number of carbonyl (C=O) groups is 2. The number of aliphatic hydroxyl groups is 2. The van der Waals surface area contributed by atoms with Gasteiger partial charge in [0, 0.05) is 12.8 Å². The van der Waals surface area contributed by atoms with Crippen molar-refractivity contribution in [3.8, 4) is 0 Å². The summed E-state index contributed by atoms with van der Waals surface area (Å²) in [6.07, 6.45) is 36.2.